The molecule has 0 aliphatic carbocycles. The van der Waals surface area contributed by atoms with Crippen LogP contribution in [0.2, 0.25) is 0 Å². The van der Waals surface area contributed by atoms with E-state index in [4.69, 9.17) is 9.47 Å². The standard InChI is InChI=1S/C29H29NO8S/c1-18(2)37-17-21-16-20(28(31)32)15-19(3)27(21)38-29(33)26-22-9-4-6-11-24(22)30(13-8-14-39(34,35)36)25-12-7-5-10-23(25)26/h4-7,9-12,15-16,18H,8,13-14,17H2,1-3H3,(H-,31,32,34,35,36)/p+1. The number of nitrogens with zero attached hydrogens (tertiary/aromatic N) is 1. The molecule has 0 bridgehead atoms. The lowest BCUT2D eigenvalue weighted by Crippen LogP contribution is -2.37. The van der Waals surface area contributed by atoms with E-state index >= 15 is 0 Å². The van der Waals surface area contributed by atoms with Crippen LogP contribution in [0, 0.1) is 6.92 Å². The van der Waals surface area contributed by atoms with Gasteiger partial charge in [-0.3, -0.25) is 4.55 Å². The van der Waals surface area contributed by atoms with Gasteiger partial charge in [0.25, 0.3) is 10.1 Å². The highest BCUT2D eigenvalue weighted by molar-refractivity contribution is 7.85. The van der Waals surface area contributed by atoms with Crippen molar-refractivity contribution in [1.82, 2.24) is 0 Å². The molecule has 1 heterocycles. The first-order valence-electron chi connectivity index (χ1n) is 12.5. The molecule has 0 aliphatic rings. The third-order valence-electron chi connectivity index (χ3n) is 6.28. The molecule has 3 aromatic carbocycles. The predicted octanol–water partition coefficient (Wildman–Crippen LogP) is 4.71. The zero-order valence-electron chi connectivity index (χ0n) is 21.9. The molecule has 4 rings (SSSR count). The molecule has 4 aromatic rings. The van der Waals surface area contributed by atoms with Crippen molar-refractivity contribution in [3.8, 4) is 5.75 Å². The molecule has 0 saturated heterocycles. The lowest BCUT2D eigenvalue weighted by atomic mass is 10.0. The number of carbonyl (C=O) groups excluding carboxylic acids is 1. The van der Waals surface area contributed by atoms with Crippen molar-refractivity contribution in [2.45, 2.75) is 46.4 Å². The Kier molecular flexibility index (Phi) is 8.29. The van der Waals surface area contributed by atoms with Crippen molar-refractivity contribution in [2.24, 2.45) is 0 Å². The number of hydrogen-bond acceptors (Lipinski definition) is 6. The van der Waals surface area contributed by atoms with Crippen molar-refractivity contribution >= 4 is 43.9 Å². The van der Waals surface area contributed by atoms with Crippen molar-refractivity contribution < 1.29 is 41.7 Å². The van der Waals surface area contributed by atoms with Crippen molar-refractivity contribution in [1.29, 1.82) is 0 Å². The Bertz CT molecular complexity index is 1620. The fourth-order valence-corrected chi connectivity index (χ4v) is 5.10. The van der Waals surface area contributed by atoms with Crippen LogP contribution in [-0.2, 0) is 28.0 Å². The summed E-state index contributed by atoms with van der Waals surface area (Å²) in [6.45, 7) is 5.74. The lowest BCUT2D eigenvalue weighted by molar-refractivity contribution is -0.645. The van der Waals surface area contributed by atoms with Crippen molar-refractivity contribution in [2.75, 3.05) is 5.75 Å². The number of carboxylic acids is 1. The van der Waals surface area contributed by atoms with E-state index in [0.717, 1.165) is 0 Å². The number of para-hydroxylation sites is 2. The largest absolute Gasteiger partial charge is 0.478 e. The summed E-state index contributed by atoms with van der Waals surface area (Å²) in [5.41, 5.74) is 2.70. The van der Waals surface area contributed by atoms with Gasteiger partial charge in [0.1, 0.15) is 5.75 Å². The summed E-state index contributed by atoms with van der Waals surface area (Å²) < 4.78 is 45.4. The van der Waals surface area contributed by atoms with Crippen LogP contribution in [0.25, 0.3) is 21.8 Å². The van der Waals surface area contributed by atoms with Gasteiger partial charge >= 0.3 is 11.9 Å². The Labute approximate surface area is 226 Å². The van der Waals surface area contributed by atoms with Crippen LogP contribution < -0.4 is 9.30 Å². The minimum Gasteiger partial charge on any atom is -0.478 e. The van der Waals surface area contributed by atoms with Crippen LogP contribution in [-0.4, -0.2) is 41.9 Å². The van der Waals surface area contributed by atoms with Gasteiger partial charge in [0, 0.05) is 24.1 Å². The number of fused-ring (bicyclic) bond motifs is 2. The van der Waals surface area contributed by atoms with Crippen LogP contribution in [0.15, 0.2) is 60.7 Å². The zero-order chi connectivity index (χ0) is 28.3. The minimum atomic E-state index is -4.12. The summed E-state index contributed by atoms with van der Waals surface area (Å²) in [4.78, 5) is 25.5. The average Bonchev–Trinajstić information content (AvgIpc) is 2.87. The molecule has 0 fully saturated rings. The molecule has 10 heteroatoms. The summed E-state index contributed by atoms with van der Waals surface area (Å²) in [5.74, 6) is -1.87. The normalized spacial score (nSPS) is 11.8. The van der Waals surface area contributed by atoms with Gasteiger partial charge in [-0.15, -0.1) is 0 Å². The molecule has 0 atom stereocenters. The van der Waals surface area contributed by atoms with Crippen molar-refractivity contribution in [3.05, 3.63) is 82.9 Å². The Balaban J connectivity index is 1.84. The molecule has 2 N–H and O–H groups in total. The van der Waals surface area contributed by atoms with E-state index in [1.807, 2.05) is 42.7 Å². The SMILES string of the molecule is Cc1cc(C(=O)O)cc(COC(C)C)c1OC(=O)c1c2ccccc2[n+](CCCS(=O)(=O)O)c2ccccc12. The maximum absolute atomic E-state index is 13.9. The number of esters is 1. The molecule has 0 saturated carbocycles. The summed E-state index contributed by atoms with van der Waals surface area (Å²) in [5, 5.41) is 10.7. The quantitative estimate of drug-likeness (QED) is 0.0951. The number of ether oxygens (including phenoxy) is 2. The Morgan fingerprint density at radius 2 is 1.56 bits per heavy atom. The van der Waals surface area contributed by atoms with Gasteiger partial charge in [0.15, 0.2) is 6.54 Å². The Hall–Kier alpha value is -3.86. The predicted molar refractivity (Wildman–Crippen MR) is 146 cm³/mol. The van der Waals surface area contributed by atoms with Crippen LogP contribution in [0.3, 0.4) is 0 Å². The van der Waals surface area contributed by atoms with Crippen molar-refractivity contribution in [3.63, 3.8) is 0 Å². The molecule has 0 aliphatic heterocycles. The number of rotatable bonds is 10. The number of aryl methyl sites for hydroxylation is 2. The summed E-state index contributed by atoms with van der Waals surface area (Å²) in [6.07, 6.45) is 0.0518. The molecule has 0 amide bonds. The van der Waals surface area contributed by atoms with Gasteiger partial charge in [-0.1, -0.05) is 24.3 Å². The van der Waals surface area contributed by atoms with Crippen LogP contribution >= 0.6 is 0 Å². The van der Waals surface area contributed by atoms with Gasteiger partial charge in [-0.2, -0.15) is 13.0 Å². The fourth-order valence-electron chi connectivity index (χ4n) is 4.61. The lowest BCUT2D eigenvalue weighted by Gasteiger charge is -2.17. The van der Waals surface area contributed by atoms with E-state index < -0.39 is 22.1 Å². The highest BCUT2D eigenvalue weighted by Gasteiger charge is 2.27. The summed E-state index contributed by atoms with van der Waals surface area (Å²) in [7, 11) is -4.12. The average molecular weight is 553 g/mol. The highest BCUT2D eigenvalue weighted by Crippen LogP contribution is 2.31. The molecule has 39 heavy (non-hydrogen) atoms. The second kappa shape index (κ2) is 11.5. The molecule has 9 nitrogen and oxygen atoms in total. The molecular weight excluding hydrogens is 522 g/mol. The topological polar surface area (TPSA) is 131 Å². The first-order chi connectivity index (χ1) is 18.5. The van der Waals surface area contributed by atoms with E-state index in [9.17, 15) is 27.7 Å². The molecule has 0 radical (unpaired) electrons. The first kappa shape index (κ1) is 28.2. The van der Waals surface area contributed by atoms with E-state index in [0.29, 0.717) is 45.0 Å². The van der Waals surface area contributed by atoms with E-state index in [2.05, 4.69) is 0 Å². The molecule has 0 unspecified atom stereocenters. The highest BCUT2D eigenvalue weighted by atomic mass is 32.2. The smallest absolute Gasteiger partial charge is 0.345 e. The van der Waals surface area contributed by atoms with Crippen LogP contribution in [0.5, 0.6) is 5.75 Å². The maximum atomic E-state index is 13.9. The maximum Gasteiger partial charge on any atom is 0.345 e. The number of aromatic nitrogens is 1. The number of pyridine rings is 1. The van der Waals surface area contributed by atoms with E-state index in [1.54, 1.807) is 31.2 Å². The molecular formula is C29H30NO8S+. The second-order valence-corrected chi connectivity index (χ2v) is 11.1. The Morgan fingerprint density at radius 1 is 0.974 bits per heavy atom. The third-order valence-corrected chi connectivity index (χ3v) is 7.09. The first-order valence-corrected chi connectivity index (χ1v) is 14.1. The summed E-state index contributed by atoms with van der Waals surface area (Å²) in [6, 6.07) is 17.4. The number of carbonyl (C=O) groups is 2. The monoisotopic (exact) mass is 552 g/mol. The van der Waals surface area contributed by atoms with E-state index in [-0.39, 0.29) is 36.2 Å². The van der Waals surface area contributed by atoms with Gasteiger partial charge < -0.3 is 14.6 Å². The van der Waals surface area contributed by atoms with Gasteiger partial charge in [0.05, 0.1) is 40.4 Å². The van der Waals surface area contributed by atoms with Crippen LogP contribution in [0.4, 0.5) is 0 Å². The van der Waals surface area contributed by atoms with Gasteiger partial charge in [0.2, 0.25) is 11.0 Å². The zero-order valence-corrected chi connectivity index (χ0v) is 22.7. The van der Waals surface area contributed by atoms with Gasteiger partial charge in [-0.05, 0) is 50.6 Å². The second-order valence-electron chi connectivity index (χ2n) is 9.54. The van der Waals surface area contributed by atoms with E-state index in [1.165, 1.54) is 12.1 Å². The minimum absolute atomic E-state index is 0.0618. The Morgan fingerprint density at radius 3 is 2.10 bits per heavy atom. The molecule has 1 aromatic heterocycles. The number of carboxylic acid groups (broad SMARTS) is 1. The molecule has 0 spiro atoms. The van der Waals surface area contributed by atoms with Gasteiger partial charge in [-0.25, -0.2) is 9.59 Å². The van der Waals surface area contributed by atoms with Crippen LogP contribution in [0.1, 0.15) is 52.1 Å². The number of aromatic carboxylic acids is 1. The summed E-state index contributed by atoms with van der Waals surface area (Å²) >= 11 is 0. The number of benzene rings is 3. The third kappa shape index (κ3) is 6.42. The molecule has 204 valence electrons. The fraction of sp³-hybridized carbons (Fsp3) is 0.276. The number of hydrogen-bond donors (Lipinski definition) is 2.